The summed E-state index contributed by atoms with van der Waals surface area (Å²) in [5.74, 6) is 0.257. The van der Waals surface area contributed by atoms with Crippen molar-refractivity contribution >= 4 is 18.4 Å². The fourth-order valence-electron chi connectivity index (χ4n) is 1.39. The van der Waals surface area contributed by atoms with Gasteiger partial charge in [0.25, 0.3) is 0 Å². The van der Waals surface area contributed by atoms with E-state index in [-0.39, 0.29) is 11.5 Å². The highest BCUT2D eigenvalue weighted by Crippen LogP contribution is 2.18. The molecule has 2 N–H and O–H groups in total. The Hall–Kier alpha value is -0.840. The molecule has 0 amide bonds. The number of carbonyl (C=O) groups is 1. The number of hydrogen-bond acceptors (Lipinski definition) is 4. The van der Waals surface area contributed by atoms with E-state index in [1.54, 1.807) is 31.2 Å². The van der Waals surface area contributed by atoms with Crippen molar-refractivity contribution in [1.29, 1.82) is 0 Å². The van der Waals surface area contributed by atoms with Crippen molar-refractivity contribution in [1.82, 2.24) is 0 Å². The van der Waals surface area contributed by atoms with Crippen molar-refractivity contribution in [2.45, 2.75) is 25.6 Å². The third kappa shape index (κ3) is 3.07. The average molecular weight is 240 g/mol. The predicted octanol–water partition coefficient (Wildman–Crippen LogP) is 1.60. The molecular weight excluding hydrogens is 224 g/mol. The molecule has 0 spiro atoms. The van der Waals surface area contributed by atoms with E-state index in [1.807, 2.05) is 0 Å². The fraction of sp³-hybridized carbons (Fsp3) is 0.417. The molecule has 3 nitrogen and oxygen atoms in total. The van der Waals surface area contributed by atoms with Crippen molar-refractivity contribution in [3.8, 4) is 0 Å². The number of hydrogen-bond donors (Lipinski definition) is 3. The molecule has 0 saturated carbocycles. The van der Waals surface area contributed by atoms with Crippen LogP contribution in [0, 0.1) is 0 Å². The summed E-state index contributed by atoms with van der Waals surface area (Å²) >= 11 is 3.91. The number of thiol groups is 1. The van der Waals surface area contributed by atoms with Gasteiger partial charge in [0.1, 0.15) is 6.10 Å². The van der Waals surface area contributed by atoms with E-state index >= 15 is 0 Å². The minimum atomic E-state index is -0.955. The summed E-state index contributed by atoms with van der Waals surface area (Å²) in [5, 5.41) is 19.1. The molecule has 2 atom stereocenters. The van der Waals surface area contributed by atoms with Crippen LogP contribution in [0.3, 0.4) is 0 Å². The molecule has 0 aliphatic heterocycles. The first-order chi connectivity index (χ1) is 7.60. The molecule has 1 aromatic rings. The SMILES string of the molecule is CCC(=O)c1ccc(C(O)C(O)CS)cc1. The first-order valence-electron chi connectivity index (χ1n) is 5.20. The van der Waals surface area contributed by atoms with Crippen LogP contribution in [0.5, 0.6) is 0 Å². The second-order valence-corrected chi connectivity index (χ2v) is 3.96. The lowest BCUT2D eigenvalue weighted by molar-refractivity contribution is 0.0337. The van der Waals surface area contributed by atoms with Gasteiger partial charge in [-0.15, -0.1) is 0 Å². The molecule has 2 unspecified atom stereocenters. The van der Waals surface area contributed by atoms with E-state index in [0.29, 0.717) is 17.5 Å². The first kappa shape index (κ1) is 13.2. The highest BCUT2D eigenvalue weighted by Gasteiger charge is 2.16. The van der Waals surface area contributed by atoms with Crippen LogP contribution in [0.4, 0.5) is 0 Å². The number of aliphatic hydroxyl groups excluding tert-OH is 2. The van der Waals surface area contributed by atoms with Gasteiger partial charge in [0.15, 0.2) is 5.78 Å². The van der Waals surface area contributed by atoms with Gasteiger partial charge in [-0.05, 0) is 5.56 Å². The lowest BCUT2D eigenvalue weighted by atomic mass is 10.0. The summed E-state index contributed by atoms with van der Waals surface area (Å²) in [6.07, 6.45) is -1.39. The number of Topliss-reactive ketones (excluding diaryl/α,β-unsaturated/α-hetero) is 1. The molecule has 1 aromatic carbocycles. The third-order valence-corrected chi connectivity index (χ3v) is 2.82. The van der Waals surface area contributed by atoms with Crippen molar-refractivity contribution in [2.75, 3.05) is 5.75 Å². The Morgan fingerprint density at radius 1 is 1.31 bits per heavy atom. The molecule has 0 fully saturated rings. The summed E-state index contributed by atoms with van der Waals surface area (Å²) < 4.78 is 0. The third-order valence-electron chi connectivity index (χ3n) is 2.45. The van der Waals surface area contributed by atoms with Gasteiger partial charge in [0.2, 0.25) is 0 Å². The normalized spacial score (nSPS) is 14.5. The Balaban J connectivity index is 2.82. The summed E-state index contributed by atoms with van der Waals surface area (Å²) in [6, 6.07) is 6.63. The van der Waals surface area contributed by atoms with Gasteiger partial charge in [-0.3, -0.25) is 4.79 Å². The monoisotopic (exact) mass is 240 g/mol. The van der Waals surface area contributed by atoms with E-state index in [1.165, 1.54) is 0 Å². The summed E-state index contributed by atoms with van der Waals surface area (Å²) in [4.78, 5) is 11.4. The quantitative estimate of drug-likeness (QED) is 0.541. The smallest absolute Gasteiger partial charge is 0.162 e. The van der Waals surface area contributed by atoms with Crippen LogP contribution in [-0.2, 0) is 0 Å². The highest BCUT2D eigenvalue weighted by atomic mass is 32.1. The maximum Gasteiger partial charge on any atom is 0.162 e. The maximum atomic E-state index is 11.4. The van der Waals surface area contributed by atoms with Gasteiger partial charge in [0.05, 0.1) is 6.10 Å². The fourth-order valence-corrected chi connectivity index (χ4v) is 1.59. The van der Waals surface area contributed by atoms with Gasteiger partial charge in [-0.25, -0.2) is 0 Å². The molecule has 16 heavy (non-hydrogen) atoms. The number of rotatable bonds is 5. The van der Waals surface area contributed by atoms with Crippen LogP contribution in [0.1, 0.15) is 35.4 Å². The van der Waals surface area contributed by atoms with Crippen molar-refractivity contribution in [3.63, 3.8) is 0 Å². The largest absolute Gasteiger partial charge is 0.389 e. The van der Waals surface area contributed by atoms with Crippen LogP contribution in [-0.4, -0.2) is 27.9 Å². The van der Waals surface area contributed by atoms with Gasteiger partial charge in [0, 0.05) is 17.7 Å². The molecule has 4 heteroatoms. The highest BCUT2D eigenvalue weighted by molar-refractivity contribution is 7.80. The molecule has 88 valence electrons. The van der Waals surface area contributed by atoms with Crippen LogP contribution >= 0.6 is 12.6 Å². The number of aliphatic hydroxyl groups is 2. The van der Waals surface area contributed by atoms with Gasteiger partial charge < -0.3 is 10.2 Å². The minimum Gasteiger partial charge on any atom is -0.389 e. The van der Waals surface area contributed by atoms with E-state index in [9.17, 15) is 15.0 Å². The van der Waals surface area contributed by atoms with Crippen molar-refractivity contribution in [2.24, 2.45) is 0 Å². The Labute approximate surface area is 101 Å². The topological polar surface area (TPSA) is 57.5 Å². The Morgan fingerprint density at radius 2 is 1.88 bits per heavy atom. The summed E-state index contributed by atoms with van der Waals surface area (Å²) in [7, 11) is 0. The van der Waals surface area contributed by atoms with Gasteiger partial charge in [-0.1, -0.05) is 31.2 Å². The molecule has 0 aromatic heterocycles. The number of ketones is 1. The molecule has 0 aliphatic carbocycles. The lowest BCUT2D eigenvalue weighted by Crippen LogP contribution is -2.19. The van der Waals surface area contributed by atoms with Crippen LogP contribution < -0.4 is 0 Å². The summed E-state index contributed by atoms with van der Waals surface area (Å²) in [5.41, 5.74) is 1.22. The van der Waals surface area contributed by atoms with Crippen molar-refractivity contribution in [3.05, 3.63) is 35.4 Å². The Morgan fingerprint density at radius 3 is 2.31 bits per heavy atom. The lowest BCUT2D eigenvalue weighted by Gasteiger charge is -2.16. The van der Waals surface area contributed by atoms with E-state index < -0.39 is 12.2 Å². The van der Waals surface area contributed by atoms with Crippen LogP contribution in [0.15, 0.2) is 24.3 Å². The zero-order valence-corrected chi connectivity index (χ0v) is 10.0. The average Bonchev–Trinajstić information content (AvgIpc) is 2.36. The molecule has 0 radical (unpaired) electrons. The Kier molecular flexibility index (Phi) is 4.99. The number of carbonyl (C=O) groups excluding carboxylic acids is 1. The molecule has 1 rings (SSSR count). The number of benzene rings is 1. The van der Waals surface area contributed by atoms with Gasteiger partial charge >= 0.3 is 0 Å². The van der Waals surface area contributed by atoms with Crippen LogP contribution in [0.2, 0.25) is 0 Å². The second-order valence-electron chi connectivity index (χ2n) is 3.59. The maximum absolute atomic E-state index is 11.4. The minimum absolute atomic E-state index is 0.0655. The molecule has 0 bridgehead atoms. The van der Waals surface area contributed by atoms with Gasteiger partial charge in [-0.2, -0.15) is 12.6 Å². The molecular formula is C12H16O3S. The first-order valence-corrected chi connectivity index (χ1v) is 5.83. The van der Waals surface area contributed by atoms with Crippen molar-refractivity contribution < 1.29 is 15.0 Å². The zero-order valence-electron chi connectivity index (χ0n) is 9.13. The van der Waals surface area contributed by atoms with E-state index in [2.05, 4.69) is 12.6 Å². The van der Waals surface area contributed by atoms with E-state index in [4.69, 9.17) is 0 Å². The molecule has 0 aliphatic rings. The second kappa shape index (κ2) is 6.03. The van der Waals surface area contributed by atoms with E-state index in [0.717, 1.165) is 0 Å². The summed E-state index contributed by atoms with van der Waals surface area (Å²) in [6.45, 7) is 1.80. The zero-order chi connectivity index (χ0) is 12.1. The Bertz CT molecular complexity index is 348. The predicted molar refractivity (Wildman–Crippen MR) is 65.9 cm³/mol. The molecule has 0 saturated heterocycles. The van der Waals surface area contributed by atoms with Crippen LogP contribution in [0.25, 0.3) is 0 Å². The molecule has 0 heterocycles. The standard InChI is InChI=1S/C12H16O3S/c1-2-10(13)8-3-5-9(6-4-8)12(15)11(14)7-16/h3-6,11-12,14-16H,2,7H2,1H3.